The van der Waals surface area contributed by atoms with Crippen molar-refractivity contribution in [1.29, 1.82) is 0 Å². The van der Waals surface area contributed by atoms with E-state index in [1.165, 1.54) is 0 Å². The molecule has 0 spiro atoms. The van der Waals surface area contributed by atoms with Gasteiger partial charge in [0.25, 0.3) is 0 Å². The maximum atomic E-state index is 12.1. The molecule has 0 bridgehead atoms. The third kappa shape index (κ3) is 2.61. The Bertz CT molecular complexity index is 410. The average Bonchev–Trinajstić information content (AvgIpc) is 2.80. The Morgan fingerprint density at radius 1 is 1.67 bits per heavy atom. The van der Waals surface area contributed by atoms with Gasteiger partial charge in [0.1, 0.15) is 0 Å². The first-order chi connectivity index (χ1) is 8.65. The molecule has 1 aromatic rings. The van der Waals surface area contributed by atoms with Gasteiger partial charge in [0.15, 0.2) is 0 Å². The number of rotatable bonds is 3. The van der Waals surface area contributed by atoms with Gasteiger partial charge in [-0.05, 0) is 31.4 Å². The molecule has 1 aliphatic rings. The van der Waals surface area contributed by atoms with Crippen molar-refractivity contribution in [2.24, 2.45) is 0 Å². The predicted octanol–water partition coefficient (Wildman–Crippen LogP) is 1.14. The summed E-state index contributed by atoms with van der Waals surface area (Å²) in [5.74, 6) is 0. The van der Waals surface area contributed by atoms with E-state index in [-0.39, 0.29) is 12.6 Å². The van der Waals surface area contributed by atoms with E-state index in [4.69, 9.17) is 0 Å². The number of pyridine rings is 1. The van der Waals surface area contributed by atoms with Crippen LogP contribution in [0, 0.1) is 0 Å². The largest absolute Gasteiger partial charge is 0.394 e. The van der Waals surface area contributed by atoms with E-state index in [2.05, 4.69) is 10.3 Å². The van der Waals surface area contributed by atoms with Gasteiger partial charge in [-0.1, -0.05) is 6.07 Å². The second-order valence-electron chi connectivity index (χ2n) is 4.93. The Morgan fingerprint density at radius 3 is 3.17 bits per heavy atom. The van der Waals surface area contributed by atoms with Crippen molar-refractivity contribution in [3.63, 3.8) is 0 Å². The predicted molar refractivity (Wildman–Crippen MR) is 67.9 cm³/mol. The van der Waals surface area contributed by atoms with Crippen molar-refractivity contribution in [2.75, 3.05) is 13.2 Å². The van der Waals surface area contributed by atoms with Crippen LogP contribution in [-0.2, 0) is 6.54 Å². The molecule has 1 aromatic heterocycles. The lowest BCUT2D eigenvalue weighted by Gasteiger charge is -2.33. The van der Waals surface area contributed by atoms with E-state index in [0.29, 0.717) is 13.1 Å². The van der Waals surface area contributed by atoms with Crippen molar-refractivity contribution in [2.45, 2.75) is 31.8 Å². The third-order valence-corrected chi connectivity index (χ3v) is 3.50. The maximum absolute atomic E-state index is 12.1. The second-order valence-corrected chi connectivity index (χ2v) is 4.93. The number of nitrogens with one attached hydrogen (secondary N) is 1. The van der Waals surface area contributed by atoms with Crippen LogP contribution < -0.4 is 5.32 Å². The molecule has 1 saturated heterocycles. The van der Waals surface area contributed by atoms with Crippen molar-refractivity contribution < 1.29 is 9.90 Å². The van der Waals surface area contributed by atoms with E-state index >= 15 is 0 Å². The fourth-order valence-electron chi connectivity index (χ4n) is 2.31. The van der Waals surface area contributed by atoms with Crippen LogP contribution in [0.3, 0.4) is 0 Å². The third-order valence-electron chi connectivity index (χ3n) is 3.50. The summed E-state index contributed by atoms with van der Waals surface area (Å²) in [6.07, 6.45) is 5.23. The number of nitrogens with zero attached hydrogens (tertiary/aromatic N) is 2. The summed E-state index contributed by atoms with van der Waals surface area (Å²) in [5, 5.41) is 12.3. The number of likely N-dealkylation sites (tertiary alicyclic amines) is 1. The molecule has 0 radical (unpaired) electrons. The lowest BCUT2D eigenvalue weighted by atomic mass is 10.0. The highest BCUT2D eigenvalue weighted by atomic mass is 16.3. The molecule has 5 nitrogen and oxygen atoms in total. The summed E-state index contributed by atoms with van der Waals surface area (Å²) in [6, 6.07) is 3.64. The van der Waals surface area contributed by atoms with Crippen molar-refractivity contribution >= 4 is 6.03 Å². The van der Waals surface area contributed by atoms with Gasteiger partial charge >= 0.3 is 6.03 Å². The van der Waals surface area contributed by atoms with Crippen LogP contribution in [0.25, 0.3) is 0 Å². The molecular weight excluding hydrogens is 230 g/mol. The maximum Gasteiger partial charge on any atom is 0.318 e. The average molecular weight is 249 g/mol. The summed E-state index contributed by atoms with van der Waals surface area (Å²) in [5.41, 5.74) is 0.551. The Kier molecular flexibility index (Phi) is 3.81. The quantitative estimate of drug-likeness (QED) is 0.844. The molecule has 2 rings (SSSR count). The zero-order valence-electron chi connectivity index (χ0n) is 10.6. The van der Waals surface area contributed by atoms with Gasteiger partial charge in [-0.25, -0.2) is 4.79 Å². The highest BCUT2D eigenvalue weighted by Crippen LogP contribution is 2.28. The minimum atomic E-state index is -0.418. The first-order valence-corrected chi connectivity index (χ1v) is 6.21. The highest BCUT2D eigenvalue weighted by Gasteiger charge is 2.38. The molecule has 2 N–H and O–H groups in total. The smallest absolute Gasteiger partial charge is 0.318 e. The zero-order chi connectivity index (χ0) is 13.0. The van der Waals surface area contributed by atoms with E-state index in [1.807, 2.05) is 19.1 Å². The van der Waals surface area contributed by atoms with Crippen LogP contribution in [0.4, 0.5) is 4.79 Å². The van der Waals surface area contributed by atoms with E-state index in [9.17, 15) is 9.90 Å². The van der Waals surface area contributed by atoms with Gasteiger partial charge in [-0.3, -0.25) is 4.98 Å². The van der Waals surface area contributed by atoms with Gasteiger partial charge < -0.3 is 15.3 Å². The lowest BCUT2D eigenvalue weighted by Crippen LogP contribution is -2.51. The topological polar surface area (TPSA) is 65.5 Å². The Morgan fingerprint density at radius 2 is 2.50 bits per heavy atom. The van der Waals surface area contributed by atoms with Gasteiger partial charge in [0.05, 0.1) is 12.1 Å². The summed E-state index contributed by atoms with van der Waals surface area (Å²) in [7, 11) is 0. The van der Waals surface area contributed by atoms with E-state index < -0.39 is 5.54 Å². The van der Waals surface area contributed by atoms with Gasteiger partial charge in [0, 0.05) is 25.5 Å². The minimum absolute atomic E-state index is 0.00725. The molecule has 0 aliphatic carbocycles. The fourth-order valence-corrected chi connectivity index (χ4v) is 2.31. The van der Waals surface area contributed by atoms with Crippen LogP contribution in [0.2, 0.25) is 0 Å². The SMILES string of the molecule is CC1(CO)CCCN1C(=O)NCc1cccnc1. The van der Waals surface area contributed by atoms with Crippen molar-refractivity contribution in [1.82, 2.24) is 15.2 Å². The summed E-state index contributed by atoms with van der Waals surface area (Å²) in [6.45, 7) is 3.09. The molecule has 18 heavy (non-hydrogen) atoms. The van der Waals surface area contributed by atoms with Crippen LogP contribution >= 0.6 is 0 Å². The van der Waals surface area contributed by atoms with Gasteiger partial charge in [-0.2, -0.15) is 0 Å². The molecule has 1 unspecified atom stereocenters. The van der Waals surface area contributed by atoms with Gasteiger partial charge in [0.2, 0.25) is 0 Å². The highest BCUT2D eigenvalue weighted by molar-refractivity contribution is 5.75. The number of hydrogen-bond acceptors (Lipinski definition) is 3. The Balaban J connectivity index is 1.92. The van der Waals surface area contributed by atoms with Crippen LogP contribution in [0.15, 0.2) is 24.5 Å². The molecule has 1 fully saturated rings. The number of carbonyl (C=O) groups is 1. The molecule has 0 aromatic carbocycles. The Labute approximate surface area is 107 Å². The first-order valence-electron chi connectivity index (χ1n) is 6.21. The number of aliphatic hydroxyl groups excluding tert-OH is 1. The number of aliphatic hydroxyl groups is 1. The lowest BCUT2D eigenvalue weighted by molar-refractivity contribution is 0.0973. The van der Waals surface area contributed by atoms with E-state index in [0.717, 1.165) is 18.4 Å². The van der Waals surface area contributed by atoms with E-state index in [1.54, 1.807) is 17.3 Å². The van der Waals surface area contributed by atoms with Gasteiger partial charge in [-0.15, -0.1) is 0 Å². The Hall–Kier alpha value is -1.62. The standard InChI is InChI=1S/C13H19N3O2/c1-13(10-17)5-3-7-16(13)12(18)15-9-11-4-2-6-14-8-11/h2,4,6,8,17H,3,5,7,9-10H2,1H3,(H,15,18). The molecular formula is C13H19N3O2. The molecule has 0 saturated carbocycles. The number of urea groups is 1. The summed E-state index contributed by atoms with van der Waals surface area (Å²) < 4.78 is 0. The van der Waals surface area contributed by atoms with Crippen molar-refractivity contribution in [3.8, 4) is 0 Å². The number of aromatic nitrogens is 1. The monoisotopic (exact) mass is 249 g/mol. The molecule has 98 valence electrons. The minimum Gasteiger partial charge on any atom is -0.394 e. The molecule has 1 aliphatic heterocycles. The fraction of sp³-hybridized carbons (Fsp3) is 0.538. The van der Waals surface area contributed by atoms with Crippen LogP contribution in [0.5, 0.6) is 0 Å². The summed E-state index contributed by atoms with van der Waals surface area (Å²) >= 11 is 0. The first kappa shape index (κ1) is 12.8. The van der Waals surface area contributed by atoms with Crippen molar-refractivity contribution in [3.05, 3.63) is 30.1 Å². The second kappa shape index (κ2) is 5.35. The molecule has 1 atom stereocenters. The van der Waals surface area contributed by atoms with Crippen LogP contribution in [0.1, 0.15) is 25.3 Å². The summed E-state index contributed by atoms with van der Waals surface area (Å²) in [4.78, 5) is 17.8. The number of amides is 2. The normalized spacial score (nSPS) is 23.1. The zero-order valence-corrected chi connectivity index (χ0v) is 10.6. The molecule has 2 amide bonds. The molecule has 2 heterocycles. The number of carbonyl (C=O) groups excluding carboxylic acids is 1. The van der Waals surface area contributed by atoms with Crippen LogP contribution in [-0.4, -0.2) is 39.7 Å². The number of hydrogen-bond donors (Lipinski definition) is 2. The molecule has 5 heteroatoms.